The molecule has 1 saturated heterocycles. The highest BCUT2D eigenvalue weighted by Crippen LogP contribution is 2.39. The molecular weight excluding hydrogens is 276 g/mol. The Morgan fingerprint density at radius 1 is 0.955 bits per heavy atom. The summed E-state index contributed by atoms with van der Waals surface area (Å²) in [5, 5.41) is 24.1. The van der Waals surface area contributed by atoms with Crippen molar-refractivity contribution in [2.75, 3.05) is 6.61 Å². The maximum Gasteiger partial charge on any atom is 0.107 e. The Bertz CT molecular complexity index is 827. The molecule has 0 saturated carbocycles. The second-order valence-electron chi connectivity index (χ2n) is 5.88. The molecular formula is C19H18O3. The van der Waals surface area contributed by atoms with Gasteiger partial charge in [0.2, 0.25) is 0 Å². The lowest BCUT2D eigenvalue weighted by Crippen LogP contribution is -2.24. The van der Waals surface area contributed by atoms with E-state index in [2.05, 4.69) is 30.3 Å². The average Bonchev–Trinajstić information content (AvgIpc) is 2.95. The van der Waals surface area contributed by atoms with Crippen molar-refractivity contribution >= 4 is 21.5 Å². The molecule has 0 spiro atoms. The minimum absolute atomic E-state index is 0.150. The van der Waals surface area contributed by atoms with Gasteiger partial charge in [-0.1, -0.05) is 48.5 Å². The van der Waals surface area contributed by atoms with Gasteiger partial charge in [0.15, 0.2) is 0 Å². The largest absolute Gasteiger partial charge is 0.394 e. The fourth-order valence-corrected chi connectivity index (χ4v) is 3.44. The molecule has 0 amide bonds. The third-order valence-corrected chi connectivity index (χ3v) is 4.55. The number of aliphatic hydroxyl groups is 2. The summed E-state index contributed by atoms with van der Waals surface area (Å²) in [5.74, 6) is 0. The minimum Gasteiger partial charge on any atom is -0.394 e. The van der Waals surface area contributed by atoms with Gasteiger partial charge < -0.3 is 14.9 Å². The van der Waals surface area contributed by atoms with E-state index in [1.165, 1.54) is 16.2 Å². The van der Waals surface area contributed by atoms with Crippen molar-refractivity contribution in [2.24, 2.45) is 0 Å². The summed E-state index contributed by atoms with van der Waals surface area (Å²) >= 11 is 0. The molecule has 1 fully saturated rings. The molecule has 4 rings (SSSR count). The molecule has 0 aromatic heterocycles. The second-order valence-corrected chi connectivity index (χ2v) is 5.88. The van der Waals surface area contributed by atoms with Crippen molar-refractivity contribution in [2.45, 2.75) is 24.7 Å². The molecule has 0 aliphatic carbocycles. The van der Waals surface area contributed by atoms with Crippen LogP contribution in [0.1, 0.15) is 18.1 Å². The quantitative estimate of drug-likeness (QED) is 0.714. The van der Waals surface area contributed by atoms with Gasteiger partial charge in [-0.15, -0.1) is 0 Å². The third kappa shape index (κ3) is 2.10. The summed E-state index contributed by atoms with van der Waals surface area (Å²) in [6.45, 7) is -0.150. The van der Waals surface area contributed by atoms with Crippen molar-refractivity contribution < 1.29 is 14.9 Å². The first-order chi connectivity index (χ1) is 10.8. The molecule has 1 aliphatic heterocycles. The van der Waals surface area contributed by atoms with Gasteiger partial charge in [0.05, 0.1) is 18.8 Å². The Balaban J connectivity index is 1.93. The highest BCUT2D eigenvalue weighted by molar-refractivity contribution is 6.09. The normalized spacial score (nSPS) is 25.1. The van der Waals surface area contributed by atoms with E-state index in [-0.39, 0.29) is 12.7 Å². The van der Waals surface area contributed by atoms with Crippen LogP contribution in [-0.4, -0.2) is 29.0 Å². The average molecular weight is 294 g/mol. The Hall–Kier alpha value is -1.94. The first kappa shape index (κ1) is 13.7. The van der Waals surface area contributed by atoms with Crippen LogP contribution in [0, 0.1) is 0 Å². The monoisotopic (exact) mass is 294 g/mol. The van der Waals surface area contributed by atoms with E-state index in [4.69, 9.17) is 4.74 Å². The summed E-state index contributed by atoms with van der Waals surface area (Å²) < 4.78 is 5.87. The van der Waals surface area contributed by atoms with Crippen LogP contribution in [0.4, 0.5) is 0 Å². The van der Waals surface area contributed by atoms with Gasteiger partial charge in [-0.2, -0.15) is 0 Å². The zero-order valence-electron chi connectivity index (χ0n) is 12.1. The highest BCUT2D eigenvalue weighted by atomic mass is 16.5. The molecule has 112 valence electrons. The van der Waals surface area contributed by atoms with Crippen LogP contribution >= 0.6 is 0 Å². The second kappa shape index (κ2) is 5.36. The van der Waals surface area contributed by atoms with Gasteiger partial charge in [-0.3, -0.25) is 0 Å². The zero-order chi connectivity index (χ0) is 15.1. The van der Waals surface area contributed by atoms with Crippen molar-refractivity contribution in [3.8, 4) is 0 Å². The fraction of sp³-hybridized carbons (Fsp3) is 0.263. The van der Waals surface area contributed by atoms with Crippen LogP contribution < -0.4 is 0 Å². The SMILES string of the molecule is OC[C@H]1O[C@H](c2cc3ccccc3c3ccccc23)C[C@@H]1O. The lowest BCUT2D eigenvalue weighted by Gasteiger charge is -2.16. The number of benzene rings is 3. The summed E-state index contributed by atoms with van der Waals surface area (Å²) in [6, 6.07) is 18.7. The van der Waals surface area contributed by atoms with Crippen LogP contribution in [0.15, 0.2) is 54.6 Å². The predicted molar refractivity (Wildman–Crippen MR) is 86.8 cm³/mol. The number of hydrogen-bond acceptors (Lipinski definition) is 3. The molecule has 3 atom stereocenters. The first-order valence-corrected chi connectivity index (χ1v) is 7.62. The van der Waals surface area contributed by atoms with Gasteiger partial charge >= 0.3 is 0 Å². The van der Waals surface area contributed by atoms with Crippen molar-refractivity contribution in [1.29, 1.82) is 0 Å². The zero-order valence-corrected chi connectivity index (χ0v) is 12.1. The van der Waals surface area contributed by atoms with Crippen molar-refractivity contribution in [3.63, 3.8) is 0 Å². The lowest BCUT2D eigenvalue weighted by molar-refractivity contribution is -0.0221. The molecule has 3 aromatic carbocycles. The Labute approximate surface area is 128 Å². The Morgan fingerprint density at radius 2 is 1.64 bits per heavy atom. The smallest absolute Gasteiger partial charge is 0.107 e. The predicted octanol–water partition coefficient (Wildman–Crippen LogP) is 3.18. The van der Waals surface area contributed by atoms with Crippen LogP contribution in [0.3, 0.4) is 0 Å². The minimum atomic E-state index is -0.611. The topological polar surface area (TPSA) is 49.7 Å². The Kier molecular flexibility index (Phi) is 3.34. The molecule has 3 aromatic rings. The van der Waals surface area contributed by atoms with Gasteiger partial charge in [0, 0.05) is 6.42 Å². The first-order valence-electron chi connectivity index (χ1n) is 7.62. The summed E-state index contributed by atoms with van der Waals surface area (Å²) in [4.78, 5) is 0. The van der Waals surface area contributed by atoms with Gasteiger partial charge in [-0.25, -0.2) is 0 Å². The van der Waals surface area contributed by atoms with Crippen molar-refractivity contribution in [3.05, 3.63) is 60.2 Å². The third-order valence-electron chi connectivity index (χ3n) is 4.55. The lowest BCUT2D eigenvalue weighted by atomic mass is 9.93. The molecule has 0 bridgehead atoms. The molecule has 1 aliphatic rings. The number of aliphatic hydroxyl groups excluding tert-OH is 2. The van der Waals surface area contributed by atoms with E-state index in [1.807, 2.05) is 24.3 Å². The van der Waals surface area contributed by atoms with E-state index in [9.17, 15) is 10.2 Å². The molecule has 2 N–H and O–H groups in total. The van der Waals surface area contributed by atoms with Crippen molar-refractivity contribution in [1.82, 2.24) is 0 Å². The summed E-state index contributed by atoms with van der Waals surface area (Å²) in [5.41, 5.74) is 1.09. The molecule has 3 nitrogen and oxygen atoms in total. The van der Waals surface area contributed by atoms with E-state index in [1.54, 1.807) is 0 Å². The van der Waals surface area contributed by atoms with Crippen LogP contribution in [-0.2, 0) is 4.74 Å². The van der Waals surface area contributed by atoms with E-state index >= 15 is 0 Å². The number of rotatable bonds is 2. The maximum atomic E-state index is 10.0. The summed E-state index contributed by atoms with van der Waals surface area (Å²) in [7, 11) is 0. The van der Waals surface area contributed by atoms with Crippen LogP contribution in [0.25, 0.3) is 21.5 Å². The molecule has 0 radical (unpaired) electrons. The molecule has 22 heavy (non-hydrogen) atoms. The molecule has 0 unspecified atom stereocenters. The number of hydrogen-bond donors (Lipinski definition) is 2. The molecule has 3 heteroatoms. The maximum absolute atomic E-state index is 10.0. The summed E-state index contributed by atoms with van der Waals surface area (Å²) in [6.07, 6.45) is -0.759. The standard InChI is InChI=1S/C19H18O3/c20-11-19-17(21)10-18(22-19)16-9-12-5-1-2-6-13(12)14-7-3-4-8-15(14)16/h1-9,17-21H,10-11H2/t17-,18-,19+/m0/s1. The Morgan fingerprint density at radius 3 is 2.36 bits per heavy atom. The van der Waals surface area contributed by atoms with Crippen LogP contribution in [0.2, 0.25) is 0 Å². The molecule has 1 heterocycles. The number of ether oxygens (including phenoxy) is 1. The van der Waals surface area contributed by atoms with E-state index in [0.717, 1.165) is 10.9 Å². The van der Waals surface area contributed by atoms with Gasteiger partial charge in [0.1, 0.15) is 6.10 Å². The fourth-order valence-electron chi connectivity index (χ4n) is 3.44. The highest BCUT2D eigenvalue weighted by Gasteiger charge is 2.35. The van der Waals surface area contributed by atoms with E-state index in [0.29, 0.717) is 6.42 Å². The van der Waals surface area contributed by atoms with Crippen LogP contribution in [0.5, 0.6) is 0 Å². The van der Waals surface area contributed by atoms with Gasteiger partial charge in [0.25, 0.3) is 0 Å². The van der Waals surface area contributed by atoms with E-state index < -0.39 is 12.2 Å². The number of fused-ring (bicyclic) bond motifs is 3. The van der Waals surface area contributed by atoms with Gasteiger partial charge in [-0.05, 0) is 33.2 Å².